The number of hydrogen-bond donors (Lipinski definition) is 3. The van der Waals surface area contributed by atoms with Crippen LogP contribution >= 0.6 is 0 Å². The summed E-state index contributed by atoms with van der Waals surface area (Å²) in [4.78, 5) is 12.7. The number of hydrogen-bond acceptors (Lipinski definition) is 3. The fourth-order valence-electron chi connectivity index (χ4n) is 1.43. The summed E-state index contributed by atoms with van der Waals surface area (Å²) in [5, 5.41) is 23.3. The van der Waals surface area contributed by atoms with E-state index in [-0.39, 0.29) is 12.6 Å². The Kier molecular flexibility index (Phi) is 2.60. The summed E-state index contributed by atoms with van der Waals surface area (Å²) >= 11 is 0. The first-order valence-electron chi connectivity index (χ1n) is 3.78. The molecule has 3 N–H and O–H groups in total. The summed E-state index contributed by atoms with van der Waals surface area (Å²) < 4.78 is 0. The van der Waals surface area contributed by atoms with Crippen LogP contribution in [0.15, 0.2) is 5.11 Å². The number of carboxylic acid groups (broad SMARTS) is 1. The van der Waals surface area contributed by atoms with Gasteiger partial charge in [-0.05, 0) is 18.4 Å². The third-order valence-corrected chi connectivity index (χ3v) is 2.01. The molecule has 1 saturated carbocycles. The molecule has 0 aliphatic heterocycles. The SMILES string of the molecule is [N-]=[N+]=NCC1(O)CC(NC(=O)O)C1. The molecule has 13 heavy (non-hydrogen) atoms. The molecule has 0 atom stereocenters. The highest BCUT2D eigenvalue weighted by molar-refractivity contribution is 5.65. The van der Waals surface area contributed by atoms with Crippen molar-refractivity contribution < 1.29 is 15.0 Å². The molecule has 1 amide bonds. The molecule has 7 heteroatoms. The number of carbonyl (C=O) groups is 1. The largest absolute Gasteiger partial charge is 0.465 e. The van der Waals surface area contributed by atoms with E-state index in [0.717, 1.165) is 0 Å². The first-order valence-corrected chi connectivity index (χ1v) is 3.78. The quantitative estimate of drug-likeness (QED) is 0.337. The average molecular weight is 186 g/mol. The maximum atomic E-state index is 10.2. The summed E-state index contributed by atoms with van der Waals surface area (Å²) in [6.07, 6.45) is -0.493. The van der Waals surface area contributed by atoms with Crippen LogP contribution in [0.4, 0.5) is 4.79 Å². The second kappa shape index (κ2) is 3.51. The second-order valence-corrected chi connectivity index (χ2v) is 3.17. The van der Waals surface area contributed by atoms with Crippen LogP contribution < -0.4 is 5.32 Å². The smallest absolute Gasteiger partial charge is 0.404 e. The first kappa shape index (κ1) is 9.63. The molecule has 0 bridgehead atoms. The van der Waals surface area contributed by atoms with Crippen molar-refractivity contribution in [3.63, 3.8) is 0 Å². The van der Waals surface area contributed by atoms with Crippen molar-refractivity contribution in [1.82, 2.24) is 5.32 Å². The zero-order chi connectivity index (χ0) is 9.90. The molecule has 0 unspecified atom stereocenters. The van der Waals surface area contributed by atoms with Gasteiger partial charge in [-0.1, -0.05) is 5.11 Å². The lowest BCUT2D eigenvalue weighted by Gasteiger charge is -2.42. The lowest BCUT2D eigenvalue weighted by molar-refractivity contribution is -0.0452. The molecular formula is C6H10N4O3. The maximum Gasteiger partial charge on any atom is 0.404 e. The van der Waals surface area contributed by atoms with E-state index in [0.29, 0.717) is 12.8 Å². The predicted octanol–water partition coefficient (Wildman–Crippen LogP) is 0.458. The molecule has 1 fully saturated rings. The fourth-order valence-corrected chi connectivity index (χ4v) is 1.43. The van der Waals surface area contributed by atoms with Crippen molar-refractivity contribution >= 4 is 6.09 Å². The fraction of sp³-hybridized carbons (Fsp3) is 0.833. The lowest BCUT2D eigenvalue weighted by atomic mass is 9.76. The topological polar surface area (TPSA) is 118 Å². The Bertz CT molecular complexity index is 255. The Hall–Kier alpha value is -1.46. The van der Waals surface area contributed by atoms with E-state index in [1.807, 2.05) is 0 Å². The first-order chi connectivity index (χ1) is 6.06. The van der Waals surface area contributed by atoms with Crippen LogP contribution in [-0.4, -0.2) is 34.5 Å². The molecule has 0 heterocycles. The number of amides is 1. The molecule has 0 spiro atoms. The van der Waals surface area contributed by atoms with Gasteiger partial charge in [0.1, 0.15) is 0 Å². The van der Waals surface area contributed by atoms with Gasteiger partial charge in [0.25, 0.3) is 0 Å². The number of rotatable bonds is 3. The Morgan fingerprint density at radius 1 is 1.77 bits per heavy atom. The monoisotopic (exact) mass is 186 g/mol. The molecule has 0 saturated heterocycles. The average Bonchev–Trinajstić information content (AvgIpc) is 1.97. The third kappa shape index (κ3) is 2.50. The van der Waals surface area contributed by atoms with Crippen LogP contribution in [0, 0.1) is 0 Å². The van der Waals surface area contributed by atoms with Gasteiger partial charge in [-0.3, -0.25) is 0 Å². The zero-order valence-corrected chi connectivity index (χ0v) is 6.84. The Morgan fingerprint density at radius 2 is 2.38 bits per heavy atom. The standard InChI is InChI=1S/C6H10N4O3/c7-10-8-3-6(13)1-4(2-6)9-5(11)12/h4,9,13H,1-3H2,(H,11,12). The summed E-state index contributed by atoms with van der Waals surface area (Å²) in [5.41, 5.74) is 6.98. The molecule has 0 radical (unpaired) electrons. The number of nitrogens with one attached hydrogen (secondary N) is 1. The van der Waals surface area contributed by atoms with Gasteiger partial charge >= 0.3 is 6.09 Å². The minimum absolute atomic E-state index is 0.00129. The lowest BCUT2D eigenvalue weighted by Crippen LogP contribution is -2.56. The number of azide groups is 1. The van der Waals surface area contributed by atoms with Gasteiger partial charge in [0.15, 0.2) is 0 Å². The third-order valence-electron chi connectivity index (χ3n) is 2.01. The van der Waals surface area contributed by atoms with Gasteiger partial charge in [0.05, 0.1) is 12.1 Å². The highest BCUT2D eigenvalue weighted by Gasteiger charge is 2.42. The second-order valence-electron chi connectivity index (χ2n) is 3.17. The molecule has 1 rings (SSSR count). The van der Waals surface area contributed by atoms with Crippen LogP contribution in [0.1, 0.15) is 12.8 Å². The van der Waals surface area contributed by atoms with Crippen molar-refractivity contribution in [3.05, 3.63) is 10.4 Å². The van der Waals surface area contributed by atoms with E-state index in [9.17, 15) is 9.90 Å². The Labute approximate surface area is 74.0 Å². The number of aliphatic hydroxyl groups is 1. The van der Waals surface area contributed by atoms with E-state index in [2.05, 4.69) is 15.3 Å². The highest BCUT2D eigenvalue weighted by atomic mass is 16.4. The summed E-state index contributed by atoms with van der Waals surface area (Å²) in [5.74, 6) is 0. The van der Waals surface area contributed by atoms with E-state index < -0.39 is 11.7 Å². The van der Waals surface area contributed by atoms with E-state index in [1.165, 1.54) is 0 Å². The molecule has 7 nitrogen and oxygen atoms in total. The van der Waals surface area contributed by atoms with Gasteiger partial charge in [-0.2, -0.15) is 0 Å². The van der Waals surface area contributed by atoms with E-state index >= 15 is 0 Å². The summed E-state index contributed by atoms with van der Waals surface area (Å²) in [6, 6.07) is -0.226. The van der Waals surface area contributed by atoms with Crippen molar-refractivity contribution in [2.24, 2.45) is 5.11 Å². The Morgan fingerprint density at radius 3 is 2.85 bits per heavy atom. The van der Waals surface area contributed by atoms with Crippen LogP contribution in [0.5, 0.6) is 0 Å². The molecule has 72 valence electrons. The van der Waals surface area contributed by atoms with Gasteiger partial charge < -0.3 is 15.5 Å². The van der Waals surface area contributed by atoms with Crippen molar-refractivity contribution in [2.45, 2.75) is 24.5 Å². The summed E-state index contributed by atoms with van der Waals surface area (Å²) in [7, 11) is 0. The van der Waals surface area contributed by atoms with Crippen LogP contribution in [0.2, 0.25) is 0 Å². The van der Waals surface area contributed by atoms with Gasteiger partial charge in [0.2, 0.25) is 0 Å². The van der Waals surface area contributed by atoms with Crippen LogP contribution in [-0.2, 0) is 0 Å². The molecule has 1 aliphatic rings. The molecule has 0 aromatic carbocycles. The van der Waals surface area contributed by atoms with E-state index in [1.54, 1.807) is 0 Å². The zero-order valence-electron chi connectivity index (χ0n) is 6.84. The summed E-state index contributed by atoms with van der Waals surface area (Å²) in [6.45, 7) is 0.00129. The van der Waals surface area contributed by atoms with Crippen LogP contribution in [0.25, 0.3) is 10.4 Å². The van der Waals surface area contributed by atoms with Crippen LogP contribution in [0.3, 0.4) is 0 Å². The maximum absolute atomic E-state index is 10.2. The highest BCUT2D eigenvalue weighted by Crippen LogP contribution is 2.32. The van der Waals surface area contributed by atoms with Crippen molar-refractivity contribution in [2.75, 3.05) is 6.54 Å². The minimum Gasteiger partial charge on any atom is -0.465 e. The van der Waals surface area contributed by atoms with E-state index in [4.69, 9.17) is 10.6 Å². The Balaban J connectivity index is 2.30. The van der Waals surface area contributed by atoms with Gasteiger partial charge in [-0.25, -0.2) is 4.79 Å². The normalized spacial score (nSPS) is 31.3. The van der Waals surface area contributed by atoms with Gasteiger partial charge in [-0.15, -0.1) is 0 Å². The molecule has 1 aliphatic carbocycles. The molecule has 0 aromatic heterocycles. The minimum atomic E-state index is -1.10. The predicted molar refractivity (Wildman–Crippen MR) is 43.1 cm³/mol. The molecule has 0 aromatic rings. The van der Waals surface area contributed by atoms with Crippen molar-refractivity contribution in [3.8, 4) is 0 Å². The van der Waals surface area contributed by atoms with Crippen molar-refractivity contribution in [1.29, 1.82) is 0 Å². The number of nitrogens with zero attached hydrogens (tertiary/aromatic N) is 3. The van der Waals surface area contributed by atoms with Gasteiger partial charge in [0, 0.05) is 11.0 Å². The molecular weight excluding hydrogens is 176 g/mol.